The van der Waals surface area contributed by atoms with Crippen molar-refractivity contribution in [2.24, 2.45) is 0 Å². The lowest BCUT2D eigenvalue weighted by Gasteiger charge is -2.32. The van der Waals surface area contributed by atoms with Crippen LogP contribution in [-0.2, 0) is 13.0 Å². The van der Waals surface area contributed by atoms with Gasteiger partial charge in [0.2, 0.25) is 5.89 Å². The lowest BCUT2D eigenvalue weighted by atomic mass is 10.1. The van der Waals surface area contributed by atoms with Gasteiger partial charge in [-0.15, -0.1) is 0 Å². The minimum Gasteiger partial charge on any atom is -0.487 e. The van der Waals surface area contributed by atoms with E-state index in [1.54, 1.807) is 0 Å². The third kappa shape index (κ3) is 5.88. The highest BCUT2D eigenvalue weighted by molar-refractivity contribution is 6.30. The van der Waals surface area contributed by atoms with Crippen molar-refractivity contribution in [1.29, 1.82) is 0 Å². The minimum absolute atomic E-state index is 0.387. The van der Waals surface area contributed by atoms with Gasteiger partial charge < -0.3 is 19.0 Å². The fourth-order valence-corrected chi connectivity index (χ4v) is 3.97. The molecule has 0 radical (unpaired) electrons. The number of ether oxygens (including phenoxy) is 1. The molecule has 0 atom stereocenters. The first-order valence-electron chi connectivity index (χ1n) is 10.9. The van der Waals surface area contributed by atoms with Gasteiger partial charge in [0.05, 0.1) is 0 Å². The maximum Gasteiger partial charge on any atom is 0.226 e. The molecule has 5 nitrogen and oxygen atoms in total. The van der Waals surface area contributed by atoms with E-state index in [0.29, 0.717) is 17.5 Å². The first-order chi connectivity index (χ1) is 15.1. The van der Waals surface area contributed by atoms with Crippen LogP contribution in [0.2, 0.25) is 5.02 Å². The van der Waals surface area contributed by atoms with Crippen LogP contribution in [0.15, 0.2) is 52.9 Å². The Bertz CT molecular complexity index is 979. The Hall–Kier alpha value is -2.34. The summed E-state index contributed by atoms with van der Waals surface area (Å²) in [6, 6.07) is 15.8. The van der Waals surface area contributed by atoms with Crippen LogP contribution in [0, 0.1) is 6.92 Å². The molecule has 6 heteroatoms. The average molecular weight is 440 g/mol. The van der Waals surface area contributed by atoms with E-state index in [9.17, 15) is 0 Å². The number of para-hydroxylation sites is 1. The maximum absolute atomic E-state index is 6.17. The number of aryl methyl sites for hydroxylation is 2. The number of nitrogens with zero attached hydrogens (tertiary/aromatic N) is 3. The van der Waals surface area contributed by atoms with Gasteiger partial charge in [-0.3, -0.25) is 0 Å². The van der Waals surface area contributed by atoms with Crippen molar-refractivity contribution < 1.29 is 9.15 Å². The second kappa shape index (κ2) is 10.3. The summed E-state index contributed by atoms with van der Waals surface area (Å²) in [5.74, 6) is 2.29. The van der Waals surface area contributed by atoms with Gasteiger partial charge in [-0.2, -0.15) is 0 Å². The fraction of sp³-hybridized carbons (Fsp3) is 0.400. The summed E-state index contributed by atoms with van der Waals surface area (Å²) in [5.41, 5.74) is 2.97. The van der Waals surface area contributed by atoms with Crippen LogP contribution in [0.25, 0.3) is 11.5 Å². The smallest absolute Gasteiger partial charge is 0.226 e. The molecule has 164 valence electrons. The molecule has 2 aromatic carbocycles. The molecule has 1 aliphatic rings. The van der Waals surface area contributed by atoms with Crippen molar-refractivity contribution in [3.63, 3.8) is 0 Å². The van der Waals surface area contributed by atoms with Crippen molar-refractivity contribution in [2.75, 3.05) is 39.8 Å². The predicted octanol–water partition coefficient (Wildman–Crippen LogP) is 5.06. The van der Waals surface area contributed by atoms with Crippen molar-refractivity contribution in [3.8, 4) is 17.2 Å². The minimum atomic E-state index is 0.387. The molecule has 0 amide bonds. The number of benzene rings is 2. The van der Waals surface area contributed by atoms with E-state index in [1.807, 2.05) is 43.3 Å². The number of oxazole rings is 1. The molecule has 31 heavy (non-hydrogen) atoms. The van der Waals surface area contributed by atoms with Crippen molar-refractivity contribution in [1.82, 2.24) is 14.8 Å². The van der Waals surface area contributed by atoms with Gasteiger partial charge in [-0.05, 0) is 69.3 Å². The SMILES string of the molecule is Cc1oc(-c2ccc(Cl)cc2)nc1COc1ccccc1CCCN1CCN(C)CC1. The number of likely N-dealkylation sites (N-methyl/N-ethyl adjacent to an activating group) is 1. The van der Waals surface area contributed by atoms with Gasteiger partial charge in [0.15, 0.2) is 0 Å². The van der Waals surface area contributed by atoms with E-state index in [4.69, 9.17) is 20.8 Å². The second-order valence-corrected chi connectivity index (χ2v) is 8.61. The van der Waals surface area contributed by atoms with Gasteiger partial charge >= 0.3 is 0 Å². The number of rotatable bonds is 8. The van der Waals surface area contributed by atoms with Crippen LogP contribution in [0.4, 0.5) is 0 Å². The highest BCUT2D eigenvalue weighted by atomic mass is 35.5. The zero-order valence-corrected chi connectivity index (χ0v) is 19.1. The molecular formula is C25H30ClN3O2. The predicted molar refractivity (Wildman–Crippen MR) is 125 cm³/mol. The summed E-state index contributed by atoms with van der Waals surface area (Å²) in [5, 5.41) is 0.694. The summed E-state index contributed by atoms with van der Waals surface area (Å²) in [6.45, 7) is 8.09. The van der Waals surface area contributed by atoms with E-state index < -0.39 is 0 Å². The average Bonchev–Trinajstić information content (AvgIpc) is 3.15. The van der Waals surface area contributed by atoms with E-state index in [0.717, 1.165) is 68.3 Å². The molecule has 0 spiro atoms. The van der Waals surface area contributed by atoms with Crippen LogP contribution < -0.4 is 4.74 Å². The zero-order valence-electron chi connectivity index (χ0n) is 18.3. The van der Waals surface area contributed by atoms with Gasteiger partial charge in [0, 0.05) is 36.8 Å². The largest absolute Gasteiger partial charge is 0.487 e. The summed E-state index contributed by atoms with van der Waals surface area (Å²) in [6.07, 6.45) is 2.14. The number of halogens is 1. The highest BCUT2D eigenvalue weighted by Crippen LogP contribution is 2.25. The Morgan fingerprint density at radius 3 is 2.55 bits per heavy atom. The Morgan fingerprint density at radius 2 is 1.77 bits per heavy atom. The molecule has 1 saturated heterocycles. The van der Waals surface area contributed by atoms with Crippen molar-refractivity contribution in [3.05, 3.63) is 70.6 Å². The third-order valence-electron chi connectivity index (χ3n) is 5.84. The van der Waals surface area contributed by atoms with Crippen LogP contribution in [0.1, 0.15) is 23.4 Å². The molecule has 0 saturated carbocycles. The highest BCUT2D eigenvalue weighted by Gasteiger charge is 2.15. The standard InChI is InChI=1S/C25H30ClN3O2/c1-19-23(27-25(31-19)21-9-11-22(26)12-10-21)18-30-24-8-4-3-6-20(24)7-5-13-29-16-14-28(2)15-17-29/h3-4,6,8-12H,5,7,13-18H2,1-2H3. The van der Waals surface area contributed by atoms with Gasteiger partial charge in [0.1, 0.15) is 23.8 Å². The van der Waals surface area contributed by atoms with Gasteiger partial charge in [0.25, 0.3) is 0 Å². The molecule has 1 aromatic heterocycles. The summed E-state index contributed by atoms with van der Waals surface area (Å²) in [4.78, 5) is 9.59. The monoisotopic (exact) mass is 439 g/mol. The first-order valence-corrected chi connectivity index (χ1v) is 11.3. The van der Waals surface area contributed by atoms with Crippen molar-refractivity contribution in [2.45, 2.75) is 26.4 Å². The van der Waals surface area contributed by atoms with Crippen LogP contribution in [0.3, 0.4) is 0 Å². The van der Waals surface area contributed by atoms with Crippen LogP contribution in [-0.4, -0.2) is 54.6 Å². The quantitative estimate of drug-likeness (QED) is 0.490. The lowest BCUT2D eigenvalue weighted by Crippen LogP contribution is -2.44. The Labute approximate surface area is 189 Å². The molecule has 3 aromatic rings. The molecule has 0 unspecified atom stereocenters. The number of hydrogen-bond donors (Lipinski definition) is 0. The van der Waals surface area contributed by atoms with E-state index >= 15 is 0 Å². The molecule has 4 rings (SSSR count). The van der Waals surface area contributed by atoms with Gasteiger partial charge in [-0.1, -0.05) is 29.8 Å². The Kier molecular flexibility index (Phi) is 7.28. The maximum atomic E-state index is 6.17. The van der Waals surface area contributed by atoms with Crippen molar-refractivity contribution >= 4 is 11.6 Å². The summed E-state index contributed by atoms with van der Waals surface area (Å²) < 4.78 is 12.0. The zero-order chi connectivity index (χ0) is 21.6. The number of hydrogen-bond acceptors (Lipinski definition) is 5. The van der Waals surface area contributed by atoms with Crippen LogP contribution >= 0.6 is 11.6 Å². The lowest BCUT2D eigenvalue weighted by molar-refractivity contribution is 0.153. The summed E-state index contributed by atoms with van der Waals surface area (Å²) in [7, 11) is 2.19. The topological polar surface area (TPSA) is 41.7 Å². The van der Waals surface area contributed by atoms with Gasteiger partial charge in [-0.25, -0.2) is 4.98 Å². The number of aromatic nitrogens is 1. The van der Waals surface area contributed by atoms with E-state index in [1.165, 1.54) is 5.56 Å². The first kappa shape index (κ1) is 21.9. The second-order valence-electron chi connectivity index (χ2n) is 8.17. The molecule has 0 N–H and O–H groups in total. The van der Waals surface area contributed by atoms with E-state index in [2.05, 4.69) is 34.0 Å². The Balaban J connectivity index is 1.34. The summed E-state index contributed by atoms with van der Waals surface area (Å²) >= 11 is 5.98. The Morgan fingerprint density at radius 1 is 1.03 bits per heavy atom. The van der Waals surface area contributed by atoms with Crippen LogP contribution in [0.5, 0.6) is 5.75 Å². The molecule has 2 heterocycles. The fourth-order valence-electron chi connectivity index (χ4n) is 3.84. The van der Waals surface area contributed by atoms with E-state index in [-0.39, 0.29) is 0 Å². The molecule has 0 aliphatic carbocycles. The number of piperazine rings is 1. The third-order valence-corrected chi connectivity index (χ3v) is 6.09. The molecule has 1 fully saturated rings. The molecule has 0 bridgehead atoms. The molecule has 1 aliphatic heterocycles. The molecular weight excluding hydrogens is 410 g/mol. The normalized spacial score (nSPS) is 15.3.